The Labute approximate surface area is 121 Å². The van der Waals surface area contributed by atoms with Gasteiger partial charge in [-0.1, -0.05) is 19.3 Å². The first-order valence-electron chi connectivity index (χ1n) is 6.89. The van der Waals surface area contributed by atoms with Gasteiger partial charge in [0.25, 0.3) is 0 Å². The van der Waals surface area contributed by atoms with Gasteiger partial charge in [0.05, 0.1) is 0 Å². The maximum atomic E-state index is 12.6. The number of rotatable bonds is 2. The van der Waals surface area contributed by atoms with E-state index in [0.29, 0.717) is 19.0 Å². The SMILES string of the molecule is O=C(c1cc2c(cc1Br)OCCO2)C1CCCCC1. The standard InChI is InChI=1S/C15H17BrO3/c16-12-9-14-13(18-6-7-19-14)8-11(12)15(17)10-4-2-1-3-5-10/h8-10H,1-7H2. The van der Waals surface area contributed by atoms with Crippen LogP contribution in [0.3, 0.4) is 0 Å². The second-order valence-corrected chi connectivity index (χ2v) is 6.03. The van der Waals surface area contributed by atoms with E-state index in [4.69, 9.17) is 9.47 Å². The van der Waals surface area contributed by atoms with Crippen LogP contribution < -0.4 is 9.47 Å². The van der Waals surface area contributed by atoms with E-state index in [0.717, 1.165) is 28.6 Å². The van der Waals surface area contributed by atoms with Gasteiger partial charge >= 0.3 is 0 Å². The molecular weight excluding hydrogens is 308 g/mol. The van der Waals surface area contributed by atoms with Gasteiger partial charge in [0, 0.05) is 16.0 Å². The van der Waals surface area contributed by atoms with Gasteiger partial charge in [0.2, 0.25) is 0 Å². The Morgan fingerprint density at radius 1 is 1.05 bits per heavy atom. The molecule has 0 N–H and O–H groups in total. The third-order valence-electron chi connectivity index (χ3n) is 3.87. The molecule has 0 saturated heterocycles. The lowest BCUT2D eigenvalue weighted by atomic mass is 9.84. The summed E-state index contributed by atoms with van der Waals surface area (Å²) in [7, 11) is 0. The van der Waals surface area contributed by atoms with Crippen molar-refractivity contribution in [1.82, 2.24) is 0 Å². The molecule has 0 spiro atoms. The summed E-state index contributed by atoms with van der Waals surface area (Å²) in [5.41, 5.74) is 0.733. The fourth-order valence-electron chi connectivity index (χ4n) is 2.84. The van der Waals surface area contributed by atoms with Gasteiger partial charge in [0.15, 0.2) is 17.3 Å². The number of ketones is 1. The lowest BCUT2D eigenvalue weighted by molar-refractivity contribution is 0.0887. The average molecular weight is 325 g/mol. The van der Waals surface area contributed by atoms with E-state index in [1.54, 1.807) is 0 Å². The molecule has 2 aliphatic rings. The monoisotopic (exact) mass is 324 g/mol. The van der Waals surface area contributed by atoms with Crippen LogP contribution in [-0.4, -0.2) is 19.0 Å². The van der Waals surface area contributed by atoms with E-state index < -0.39 is 0 Å². The second-order valence-electron chi connectivity index (χ2n) is 5.17. The summed E-state index contributed by atoms with van der Waals surface area (Å²) in [6, 6.07) is 3.68. The topological polar surface area (TPSA) is 35.5 Å². The molecule has 0 atom stereocenters. The van der Waals surface area contributed by atoms with E-state index in [1.165, 1.54) is 19.3 Å². The van der Waals surface area contributed by atoms with Crippen molar-refractivity contribution in [2.75, 3.05) is 13.2 Å². The highest BCUT2D eigenvalue weighted by molar-refractivity contribution is 9.10. The molecule has 1 aliphatic carbocycles. The lowest BCUT2D eigenvalue weighted by Crippen LogP contribution is -2.20. The van der Waals surface area contributed by atoms with Crippen molar-refractivity contribution in [3.63, 3.8) is 0 Å². The zero-order valence-corrected chi connectivity index (χ0v) is 12.4. The van der Waals surface area contributed by atoms with Gasteiger partial charge in [0.1, 0.15) is 13.2 Å². The summed E-state index contributed by atoms with van der Waals surface area (Å²) >= 11 is 3.49. The van der Waals surface area contributed by atoms with Crippen LogP contribution in [0, 0.1) is 5.92 Å². The maximum Gasteiger partial charge on any atom is 0.167 e. The maximum absolute atomic E-state index is 12.6. The van der Waals surface area contributed by atoms with Crippen molar-refractivity contribution in [3.05, 3.63) is 22.2 Å². The van der Waals surface area contributed by atoms with Crippen LogP contribution in [0.25, 0.3) is 0 Å². The smallest absolute Gasteiger partial charge is 0.167 e. The van der Waals surface area contributed by atoms with Crippen molar-refractivity contribution in [3.8, 4) is 11.5 Å². The Bertz CT molecular complexity index is 492. The van der Waals surface area contributed by atoms with Crippen LogP contribution >= 0.6 is 15.9 Å². The highest BCUT2D eigenvalue weighted by Gasteiger charge is 2.26. The zero-order chi connectivity index (χ0) is 13.2. The molecule has 3 rings (SSSR count). The van der Waals surface area contributed by atoms with E-state index in [2.05, 4.69) is 15.9 Å². The van der Waals surface area contributed by atoms with Crippen LogP contribution in [0.5, 0.6) is 11.5 Å². The summed E-state index contributed by atoms with van der Waals surface area (Å²) in [5, 5.41) is 0. The molecule has 1 saturated carbocycles. The number of fused-ring (bicyclic) bond motifs is 1. The number of Topliss-reactive ketones (excluding diaryl/α,β-unsaturated/α-hetero) is 1. The van der Waals surface area contributed by atoms with Crippen molar-refractivity contribution in [2.45, 2.75) is 32.1 Å². The molecule has 1 heterocycles. The molecule has 19 heavy (non-hydrogen) atoms. The van der Waals surface area contributed by atoms with Crippen molar-refractivity contribution in [2.24, 2.45) is 5.92 Å². The molecular formula is C15H17BrO3. The number of halogens is 1. The molecule has 0 aromatic heterocycles. The minimum absolute atomic E-state index is 0.174. The van der Waals surface area contributed by atoms with Gasteiger partial charge in [-0.15, -0.1) is 0 Å². The van der Waals surface area contributed by atoms with Crippen LogP contribution in [0.15, 0.2) is 16.6 Å². The first-order chi connectivity index (χ1) is 9.25. The predicted octanol–water partition coefficient (Wildman–Crippen LogP) is 3.98. The van der Waals surface area contributed by atoms with Gasteiger partial charge in [-0.05, 0) is 40.9 Å². The molecule has 3 nitrogen and oxygen atoms in total. The molecule has 1 fully saturated rings. The average Bonchev–Trinajstić information content (AvgIpc) is 2.47. The van der Waals surface area contributed by atoms with Crippen LogP contribution in [0.4, 0.5) is 0 Å². The minimum Gasteiger partial charge on any atom is -0.486 e. The Balaban J connectivity index is 1.89. The molecule has 1 aromatic rings. The van der Waals surface area contributed by atoms with Gasteiger partial charge in [-0.3, -0.25) is 4.79 Å². The van der Waals surface area contributed by atoms with E-state index in [-0.39, 0.29) is 11.7 Å². The van der Waals surface area contributed by atoms with Crippen LogP contribution in [0.2, 0.25) is 0 Å². The number of carbonyl (C=O) groups excluding carboxylic acids is 1. The normalized spacial score (nSPS) is 19.2. The predicted molar refractivity (Wildman–Crippen MR) is 76.0 cm³/mol. The minimum atomic E-state index is 0.174. The quantitative estimate of drug-likeness (QED) is 0.772. The zero-order valence-electron chi connectivity index (χ0n) is 10.8. The summed E-state index contributed by atoms with van der Waals surface area (Å²) < 4.78 is 11.9. The summed E-state index contributed by atoms with van der Waals surface area (Å²) in [6.07, 6.45) is 5.61. The number of hydrogen-bond acceptors (Lipinski definition) is 3. The Morgan fingerprint density at radius 3 is 2.37 bits per heavy atom. The molecule has 102 valence electrons. The summed E-state index contributed by atoms with van der Waals surface area (Å²) in [4.78, 5) is 12.6. The van der Waals surface area contributed by atoms with Crippen LogP contribution in [0.1, 0.15) is 42.5 Å². The number of benzene rings is 1. The Kier molecular flexibility index (Phi) is 3.78. The van der Waals surface area contributed by atoms with Crippen molar-refractivity contribution in [1.29, 1.82) is 0 Å². The molecule has 0 radical (unpaired) electrons. The van der Waals surface area contributed by atoms with Gasteiger partial charge < -0.3 is 9.47 Å². The first-order valence-corrected chi connectivity index (χ1v) is 7.68. The fourth-order valence-corrected chi connectivity index (χ4v) is 3.36. The second kappa shape index (κ2) is 5.53. The Morgan fingerprint density at radius 2 is 1.68 bits per heavy atom. The first kappa shape index (κ1) is 13.0. The van der Waals surface area contributed by atoms with Gasteiger partial charge in [-0.2, -0.15) is 0 Å². The van der Waals surface area contributed by atoms with Crippen LogP contribution in [-0.2, 0) is 0 Å². The highest BCUT2D eigenvalue weighted by Crippen LogP contribution is 2.37. The number of ether oxygens (including phenoxy) is 2. The third-order valence-corrected chi connectivity index (χ3v) is 4.53. The molecule has 1 aliphatic heterocycles. The highest BCUT2D eigenvalue weighted by atomic mass is 79.9. The van der Waals surface area contributed by atoms with E-state index >= 15 is 0 Å². The van der Waals surface area contributed by atoms with Gasteiger partial charge in [-0.25, -0.2) is 0 Å². The largest absolute Gasteiger partial charge is 0.486 e. The Hall–Kier alpha value is -1.03. The summed E-state index contributed by atoms with van der Waals surface area (Å²) in [5.74, 6) is 1.82. The summed E-state index contributed by atoms with van der Waals surface area (Å²) in [6.45, 7) is 1.11. The number of hydrogen-bond donors (Lipinski definition) is 0. The molecule has 0 bridgehead atoms. The van der Waals surface area contributed by atoms with Crippen molar-refractivity contribution < 1.29 is 14.3 Å². The molecule has 0 amide bonds. The van der Waals surface area contributed by atoms with E-state index in [1.807, 2.05) is 12.1 Å². The third kappa shape index (κ3) is 2.64. The van der Waals surface area contributed by atoms with Crippen molar-refractivity contribution >= 4 is 21.7 Å². The number of carbonyl (C=O) groups is 1. The molecule has 0 unspecified atom stereocenters. The lowest BCUT2D eigenvalue weighted by Gasteiger charge is -2.23. The molecule has 1 aromatic carbocycles. The fraction of sp³-hybridized carbons (Fsp3) is 0.533. The van der Waals surface area contributed by atoms with E-state index in [9.17, 15) is 4.79 Å². The molecule has 4 heteroatoms.